The summed E-state index contributed by atoms with van der Waals surface area (Å²) in [5.74, 6) is -2.00. The van der Waals surface area contributed by atoms with Crippen LogP contribution >= 0.6 is 0 Å². The number of amides is 2. The number of likely N-dealkylation sites (tertiary alicyclic amines) is 1. The molecule has 1 heterocycles. The summed E-state index contributed by atoms with van der Waals surface area (Å²) in [4.78, 5) is 37.8. The van der Waals surface area contributed by atoms with Crippen LogP contribution in [-0.4, -0.2) is 39.9 Å². The van der Waals surface area contributed by atoms with Gasteiger partial charge < -0.3 is 15.3 Å². The Labute approximate surface area is 148 Å². The molecule has 1 aromatic rings. The van der Waals surface area contributed by atoms with Gasteiger partial charge in [-0.1, -0.05) is 43.2 Å². The molecule has 0 bridgehead atoms. The van der Waals surface area contributed by atoms with E-state index in [1.165, 1.54) is 6.92 Å². The summed E-state index contributed by atoms with van der Waals surface area (Å²) in [5, 5.41) is 12.0. The Morgan fingerprint density at radius 3 is 2.52 bits per heavy atom. The van der Waals surface area contributed by atoms with Crippen LogP contribution in [0.5, 0.6) is 0 Å². The van der Waals surface area contributed by atoms with Gasteiger partial charge in [-0.25, -0.2) is 4.79 Å². The highest BCUT2D eigenvalue weighted by atomic mass is 16.4. The maximum absolute atomic E-state index is 12.5. The Bertz CT molecular complexity index is 656. The molecule has 0 spiro atoms. The molecular weight excluding hydrogens is 320 g/mol. The number of hydrogen-bond donors (Lipinski definition) is 2. The minimum absolute atomic E-state index is 0.0757. The fourth-order valence-corrected chi connectivity index (χ4v) is 3.11. The molecular formula is C19H26N2O4. The number of hydrogen-bond acceptors (Lipinski definition) is 3. The fraction of sp³-hybridized carbons (Fsp3) is 0.526. The summed E-state index contributed by atoms with van der Waals surface area (Å²) in [5.41, 5.74) is 0.873. The van der Waals surface area contributed by atoms with Crippen molar-refractivity contribution in [2.75, 3.05) is 6.54 Å². The van der Waals surface area contributed by atoms with Crippen molar-refractivity contribution in [1.29, 1.82) is 0 Å². The molecule has 136 valence electrons. The van der Waals surface area contributed by atoms with Crippen molar-refractivity contribution in [1.82, 2.24) is 10.2 Å². The zero-order valence-corrected chi connectivity index (χ0v) is 15.0. The third-order valence-corrected chi connectivity index (χ3v) is 4.70. The van der Waals surface area contributed by atoms with E-state index >= 15 is 0 Å². The van der Waals surface area contributed by atoms with E-state index in [2.05, 4.69) is 5.32 Å². The molecule has 6 heteroatoms. The van der Waals surface area contributed by atoms with Crippen LogP contribution in [0.3, 0.4) is 0 Å². The molecule has 2 unspecified atom stereocenters. The first-order valence-electron chi connectivity index (χ1n) is 8.64. The summed E-state index contributed by atoms with van der Waals surface area (Å²) >= 11 is 0. The highest BCUT2D eigenvalue weighted by Gasteiger charge is 2.39. The molecule has 1 aromatic carbocycles. The number of carbonyl (C=O) groups excluding carboxylic acids is 2. The third kappa shape index (κ3) is 4.59. The monoisotopic (exact) mass is 346 g/mol. The van der Waals surface area contributed by atoms with E-state index in [9.17, 15) is 19.5 Å². The predicted molar refractivity (Wildman–Crippen MR) is 93.8 cm³/mol. The average molecular weight is 346 g/mol. The summed E-state index contributed by atoms with van der Waals surface area (Å²) in [6, 6.07) is 7.92. The standard InChI is InChI=1S/C19H26N2O4/c1-4-9-19(3,18(24)25)20-17(23)15-10-16(22)21(12-15)11-14-7-5-13(2)6-8-14/h5-8,15H,4,9-12H2,1-3H3,(H,20,23)(H,24,25). The number of rotatable bonds is 7. The van der Waals surface area contributed by atoms with Crippen molar-refractivity contribution in [2.45, 2.75) is 52.1 Å². The second-order valence-electron chi connectivity index (χ2n) is 7.04. The topological polar surface area (TPSA) is 86.7 Å². The minimum atomic E-state index is -1.29. The van der Waals surface area contributed by atoms with Gasteiger partial charge in [-0.05, 0) is 25.8 Å². The van der Waals surface area contributed by atoms with Crippen molar-refractivity contribution < 1.29 is 19.5 Å². The molecule has 1 fully saturated rings. The molecule has 1 saturated heterocycles. The minimum Gasteiger partial charge on any atom is -0.480 e. The first-order chi connectivity index (χ1) is 11.7. The van der Waals surface area contributed by atoms with Crippen LogP contribution in [0.2, 0.25) is 0 Å². The molecule has 2 atom stereocenters. The highest BCUT2D eigenvalue weighted by Crippen LogP contribution is 2.22. The van der Waals surface area contributed by atoms with E-state index in [4.69, 9.17) is 0 Å². The van der Waals surface area contributed by atoms with Crippen molar-refractivity contribution in [3.05, 3.63) is 35.4 Å². The van der Waals surface area contributed by atoms with Crippen LogP contribution in [0, 0.1) is 12.8 Å². The summed E-state index contributed by atoms with van der Waals surface area (Å²) in [7, 11) is 0. The SMILES string of the molecule is CCCC(C)(NC(=O)C1CC(=O)N(Cc2ccc(C)cc2)C1)C(=O)O. The van der Waals surface area contributed by atoms with Crippen molar-refractivity contribution >= 4 is 17.8 Å². The van der Waals surface area contributed by atoms with Crippen molar-refractivity contribution in [3.63, 3.8) is 0 Å². The van der Waals surface area contributed by atoms with Crippen LogP contribution < -0.4 is 5.32 Å². The van der Waals surface area contributed by atoms with Crippen molar-refractivity contribution in [2.24, 2.45) is 5.92 Å². The summed E-state index contributed by atoms with van der Waals surface area (Å²) < 4.78 is 0. The van der Waals surface area contributed by atoms with Gasteiger partial charge in [0, 0.05) is 19.5 Å². The van der Waals surface area contributed by atoms with Gasteiger partial charge in [-0.15, -0.1) is 0 Å². The number of carboxylic acids is 1. The number of nitrogens with one attached hydrogen (secondary N) is 1. The first kappa shape index (κ1) is 19.0. The lowest BCUT2D eigenvalue weighted by atomic mass is 9.95. The number of aryl methyl sites for hydroxylation is 1. The molecule has 6 nitrogen and oxygen atoms in total. The summed E-state index contributed by atoms with van der Waals surface area (Å²) in [6.07, 6.45) is 1.12. The Balaban J connectivity index is 2.00. The van der Waals surface area contributed by atoms with Gasteiger partial charge in [0.1, 0.15) is 5.54 Å². The van der Waals surface area contributed by atoms with Gasteiger partial charge in [0.05, 0.1) is 5.92 Å². The second kappa shape index (κ2) is 7.68. The Morgan fingerprint density at radius 1 is 1.32 bits per heavy atom. The quantitative estimate of drug-likeness (QED) is 0.791. The van der Waals surface area contributed by atoms with Crippen LogP contribution in [0.4, 0.5) is 0 Å². The van der Waals surface area contributed by atoms with Crippen molar-refractivity contribution in [3.8, 4) is 0 Å². The van der Waals surface area contributed by atoms with E-state index < -0.39 is 17.4 Å². The number of carboxylic acid groups (broad SMARTS) is 1. The van der Waals surface area contributed by atoms with Crippen LogP contribution in [0.1, 0.15) is 44.2 Å². The molecule has 0 radical (unpaired) electrons. The highest BCUT2D eigenvalue weighted by molar-refractivity contribution is 5.92. The lowest BCUT2D eigenvalue weighted by Crippen LogP contribution is -2.54. The zero-order chi connectivity index (χ0) is 18.6. The second-order valence-corrected chi connectivity index (χ2v) is 7.04. The van der Waals surface area contributed by atoms with Gasteiger partial charge in [-0.3, -0.25) is 9.59 Å². The average Bonchev–Trinajstić information content (AvgIpc) is 2.91. The largest absolute Gasteiger partial charge is 0.480 e. The lowest BCUT2D eigenvalue weighted by Gasteiger charge is -2.27. The number of benzene rings is 1. The molecule has 0 aromatic heterocycles. The lowest BCUT2D eigenvalue weighted by molar-refractivity contribution is -0.147. The van der Waals surface area contributed by atoms with Gasteiger partial charge in [-0.2, -0.15) is 0 Å². The molecule has 0 saturated carbocycles. The predicted octanol–water partition coefficient (Wildman–Crippen LogP) is 2.10. The van der Waals surface area contributed by atoms with Gasteiger partial charge in [0.25, 0.3) is 0 Å². The third-order valence-electron chi connectivity index (χ3n) is 4.70. The van der Waals surface area contributed by atoms with Crippen LogP contribution in [0.15, 0.2) is 24.3 Å². The zero-order valence-electron chi connectivity index (χ0n) is 15.0. The normalized spacial score (nSPS) is 19.6. The Kier molecular flexibility index (Phi) is 5.82. The Hall–Kier alpha value is -2.37. The van der Waals surface area contributed by atoms with E-state index in [0.717, 1.165) is 11.1 Å². The smallest absolute Gasteiger partial charge is 0.329 e. The molecule has 2 rings (SSSR count). The Morgan fingerprint density at radius 2 is 1.96 bits per heavy atom. The maximum atomic E-state index is 12.5. The van der Waals surface area contributed by atoms with Gasteiger partial charge in [0.2, 0.25) is 11.8 Å². The van der Waals surface area contributed by atoms with E-state index in [1.807, 2.05) is 38.1 Å². The summed E-state index contributed by atoms with van der Waals surface area (Å²) in [6.45, 7) is 6.17. The first-order valence-corrected chi connectivity index (χ1v) is 8.64. The van der Waals surface area contributed by atoms with Crippen LogP contribution in [0.25, 0.3) is 0 Å². The number of carbonyl (C=O) groups is 3. The molecule has 25 heavy (non-hydrogen) atoms. The molecule has 2 N–H and O–H groups in total. The molecule has 1 aliphatic heterocycles. The molecule has 0 aliphatic carbocycles. The van der Waals surface area contributed by atoms with E-state index in [1.54, 1.807) is 4.90 Å². The maximum Gasteiger partial charge on any atom is 0.329 e. The van der Waals surface area contributed by atoms with Crippen LogP contribution in [-0.2, 0) is 20.9 Å². The molecule has 1 aliphatic rings. The number of aliphatic carboxylic acids is 1. The van der Waals surface area contributed by atoms with E-state index in [0.29, 0.717) is 25.9 Å². The number of nitrogens with zero attached hydrogens (tertiary/aromatic N) is 1. The van der Waals surface area contributed by atoms with Gasteiger partial charge in [0.15, 0.2) is 0 Å². The molecule has 2 amide bonds. The van der Waals surface area contributed by atoms with E-state index in [-0.39, 0.29) is 18.2 Å². The van der Waals surface area contributed by atoms with Gasteiger partial charge >= 0.3 is 5.97 Å². The fourth-order valence-electron chi connectivity index (χ4n) is 3.11.